The summed E-state index contributed by atoms with van der Waals surface area (Å²) in [4.78, 5) is 27.5. The number of allylic oxidation sites excluding steroid dienone is 3. The third kappa shape index (κ3) is 4.89. The molecule has 194 valence electrons. The maximum Gasteiger partial charge on any atom is 0.337 e. The lowest BCUT2D eigenvalue weighted by atomic mass is 9.71. The van der Waals surface area contributed by atoms with Crippen LogP contribution in [0.2, 0.25) is 0 Å². The monoisotopic (exact) mass is 501 g/mol. The number of carbonyl (C=O) groups excluding carboxylic acids is 2. The minimum atomic E-state index is -0.572. The van der Waals surface area contributed by atoms with E-state index in [-0.39, 0.29) is 29.5 Å². The second kappa shape index (κ2) is 10.4. The molecule has 2 aromatic carbocycles. The average Bonchev–Trinajstić information content (AvgIpc) is 3.40. The zero-order valence-electron chi connectivity index (χ0n) is 21.8. The van der Waals surface area contributed by atoms with Crippen molar-refractivity contribution in [2.45, 2.75) is 76.7 Å². The molecule has 0 aromatic heterocycles. The summed E-state index contributed by atoms with van der Waals surface area (Å²) in [7, 11) is 1.65. The van der Waals surface area contributed by atoms with E-state index < -0.39 is 5.92 Å². The van der Waals surface area contributed by atoms with Gasteiger partial charge in [-0.25, -0.2) is 4.79 Å². The van der Waals surface area contributed by atoms with Crippen LogP contribution in [-0.2, 0) is 14.3 Å². The van der Waals surface area contributed by atoms with Crippen LogP contribution in [0.3, 0.4) is 0 Å². The van der Waals surface area contributed by atoms with Gasteiger partial charge in [0.25, 0.3) is 0 Å². The van der Waals surface area contributed by atoms with E-state index in [0.717, 1.165) is 59.5 Å². The summed E-state index contributed by atoms with van der Waals surface area (Å²) in [5.41, 5.74) is 5.70. The average molecular weight is 502 g/mol. The van der Waals surface area contributed by atoms with Crippen molar-refractivity contribution < 1.29 is 24.2 Å². The molecule has 1 saturated carbocycles. The first kappa shape index (κ1) is 25.1. The topological polar surface area (TPSA) is 84.9 Å². The SMILES string of the molecule is CCC1=C(C(=O)OC2CCCC2)C(c2cccc(O)c2)C2=C(CC(c3ccc(OC)cc3C)CC2=O)N1. The Morgan fingerprint density at radius 2 is 1.89 bits per heavy atom. The summed E-state index contributed by atoms with van der Waals surface area (Å²) < 4.78 is 11.3. The number of nitrogens with one attached hydrogen (secondary N) is 1. The molecule has 6 heteroatoms. The number of dihydropyridines is 1. The van der Waals surface area contributed by atoms with E-state index in [0.29, 0.717) is 30.4 Å². The van der Waals surface area contributed by atoms with Gasteiger partial charge in [-0.3, -0.25) is 4.79 Å². The second-order valence-corrected chi connectivity index (χ2v) is 10.4. The molecule has 0 radical (unpaired) electrons. The van der Waals surface area contributed by atoms with Gasteiger partial charge in [-0.2, -0.15) is 0 Å². The van der Waals surface area contributed by atoms with E-state index >= 15 is 0 Å². The number of methoxy groups -OCH3 is 1. The van der Waals surface area contributed by atoms with Gasteiger partial charge >= 0.3 is 5.97 Å². The molecule has 2 aromatic rings. The van der Waals surface area contributed by atoms with E-state index in [1.165, 1.54) is 0 Å². The molecule has 2 N–H and O–H groups in total. The number of esters is 1. The molecule has 1 fully saturated rings. The second-order valence-electron chi connectivity index (χ2n) is 10.4. The van der Waals surface area contributed by atoms with Gasteiger partial charge in [0.15, 0.2) is 5.78 Å². The van der Waals surface area contributed by atoms with Gasteiger partial charge in [0.1, 0.15) is 17.6 Å². The van der Waals surface area contributed by atoms with Gasteiger partial charge in [-0.05, 0) is 92.3 Å². The zero-order chi connectivity index (χ0) is 26.1. The number of hydrogen-bond acceptors (Lipinski definition) is 6. The van der Waals surface area contributed by atoms with Crippen LogP contribution in [-0.4, -0.2) is 30.1 Å². The molecular formula is C31H35NO5. The number of phenolic OH excluding ortho intramolecular Hbond substituents is 1. The molecule has 0 bridgehead atoms. The van der Waals surface area contributed by atoms with Crippen LogP contribution in [0.15, 0.2) is 65.0 Å². The van der Waals surface area contributed by atoms with E-state index in [1.807, 2.05) is 38.1 Å². The molecule has 5 rings (SSSR count). The number of hydrogen-bond donors (Lipinski definition) is 2. The Hall–Kier alpha value is -3.54. The highest BCUT2D eigenvalue weighted by molar-refractivity contribution is 6.04. The standard InChI is InChI=1S/C31H35NO5/c1-4-25-30(31(35)37-22-10-5-6-11-22)28(19-8-7-9-21(33)15-19)29-26(32-25)16-20(17-27(29)34)24-13-12-23(36-3)14-18(24)2/h7-9,12-15,20,22,28,32-33H,4-6,10-11,16-17H2,1-3H3. The molecule has 0 amide bonds. The van der Waals surface area contributed by atoms with Gasteiger partial charge in [-0.1, -0.05) is 25.1 Å². The van der Waals surface area contributed by atoms with Crippen molar-refractivity contribution in [2.24, 2.45) is 0 Å². The molecular weight excluding hydrogens is 466 g/mol. The minimum absolute atomic E-state index is 0.0173. The lowest BCUT2D eigenvalue weighted by Crippen LogP contribution is -2.37. The predicted molar refractivity (Wildman–Crippen MR) is 141 cm³/mol. The third-order valence-corrected chi connectivity index (χ3v) is 7.98. The first-order chi connectivity index (χ1) is 17.9. The number of benzene rings is 2. The number of ether oxygens (including phenoxy) is 2. The van der Waals surface area contributed by atoms with Crippen molar-refractivity contribution in [3.8, 4) is 11.5 Å². The highest BCUT2D eigenvalue weighted by Gasteiger charge is 2.42. The molecule has 2 atom stereocenters. The molecule has 1 aliphatic heterocycles. The summed E-state index contributed by atoms with van der Waals surface area (Å²) in [5.74, 6) is 0.0114. The Bertz CT molecular complexity index is 1280. The molecule has 2 unspecified atom stereocenters. The zero-order valence-corrected chi connectivity index (χ0v) is 21.8. The molecule has 6 nitrogen and oxygen atoms in total. The predicted octanol–water partition coefficient (Wildman–Crippen LogP) is 5.95. The summed E-state index contributed by atoms with van der Waals surface area (Å²) in [5, 5.41) is 13.8. The van der Waals surface area contributed by atoms with Crippen molar-refractivity contribution >= 4 is 11.8 Å². The summed E-state index contributed by atoms with van der Waals surface area (Å²) in [6, 6.07) is 12.9. The van der Waals surface area contributed by atoms with Crippen LogP contribution in [0.1, 0.15) is 80.4 Å². The normalized spacial score (nSPS) is 22.1. The molecule has 2 aliphatic carbocycles. The van der Waals surface area contributed by atoms with E-state index in [2.05, 4.69) is 5.32 Å². The molecule has 0 spiro atoms. The van der Waals surface area contributed by atoms with Crippen LogP contribution in [0.4, 0.5) is 0 Å². The van der Waals surface area contributed by atoms with E-state index in [4.69, 9.17) is 9.47 Å². The Kier molecular flexibility index (Phi) is 7.09. The first-order valence-corrected chi connectivity index (χ1v) is 13.3. The van der Waals surface area contributed by atoms with Crippen molar-refractivity contribution in [1.82, 2.24) is 5.32 Å². The van der Waals surface area contributed by atoms with Gasteiger partial charge in [0.05, 0.1) is 12.7 Å². The number of carbonyl (C=O) groups is 2. The lowest BCUT2D eigenvalue weighted by Gasteiger charge is -2.37. The number of phenols is 1. The number of rotatable bonds is 6. The molecule has 37 heavy (non-hydrogen) atoms. The van der Waals surface area contributed by atoms with Crippen LogP contribution in [0.25, 0.3) is 0 Å². The highest BCUT2D eigenvalue weighted by atomic mass is 16.5. The Morgan fingerprint density at radius 3 is 2.57 bits per heavy atom. The van der Waals surface area contributed by atoms with Crippen LogP contribution >= 0.6 is 0 Å². The fourth-order valence-electron chi connectivity index (χ4n) is 6.18. The number of Topliss-reactive ketones (excluding diaryl/α,β-unsaturated/α-hetero) is 1. The first-order valence-electron chi connectivity index (χ1n) is 13.3. The van der Waals surface area contributed by atoms with Crippen LogP contribution < -0.4 is 10.1 Å². The van der Waals surface area contributed by atoms with Crippen molar-refractivity contribution in [2.75, 3.05) is 7.11 Å². The number of aromatic hydroxyl groups is 1. The van der Waals surface area contributed by atoms with Gasteiger partial charge in [0, 0.05) is 29.3 Å². The minimum Gasteiger partial charge on any atom is -0.508 e. The van der Waals surface area contributed by atoms with Crippen molar-refractivity contribution in [1.29, 1.82) is 0 Å². The summed E-state index contributed by atoms with van der Waals surface area (Å²) in [6.45, 7) is 4.05. The van der Waals surface area contributed by atoms with Crippen molar-refractivity contribution in [3.05, 3.63) is 81.7 Å². The smallest absolute Gasteiger partial charge is 0.337 e. The highest BCUT2D eigenvalue weighted by Crippen LogP contribution is 2.47. The summed E-state index contributed by atoms with van der Waals surface area (Å²) >= 11 is 0. The van der Waals surface area contributed by atoms with E-state index in [9.17, 15) is 14.7 Å². The van der Waals surface area contributed by atoms with Crippen LogP contribution in [0.5, 0.6) is 11.5 Å². The summed E-state index contributed by atoms with van der Waals surface area (Å²) in [6.07, 6.45) is 5.41. The quantitative estimate of drug-likeness (QED) is 0.476. The number of aryl methyl sites for hydroxylation is 1. The maximum absolute atomic E-state index is 13.9. The lowest BCUT2D eigenvalue weighted by molar-refractivity contribution is -0.144. The number of ketones is 1. The molecule has 1 heterocycles. The van der Waals surface area contributed by atoms with Gasteiger partial charge in [-0.15, -0.1) is 0 Å². The third-order valence-electron chi connectivity index (χ3n) is 7.98. The molecule has 3 aliphatic rings. The maximum atomic E-state index is 13.9. The largest absolute Gasteiger partial charge is 0.508 e. The molecule has 0 saturated heterocycles. The van der Waals surface area contributed by atoms with Gasteiger partial charge in [0.2, 0.25) is 0 Å². The van der Waals surface area contributed by atoms with Crippen molar-refractivity contribution in [3.63, 3.8) is 0 Å². The Morgan fingerprint density at radius 1 is 1.11 bits per heavy atom. The Labute approximate surface area is 218 Å². The van der Waals surface area contributed by atoms with Gasteiger partial charge < -0.3 is 19.9 Å². The Balaban J connectivity index is 1.56. The fourth-order valence-corrected chi connectivity index (χ4v) is 6.18. The fraction of sp³-hybridized carbons (Fsp3) is 0.419. The van der Waals surface area contributed by atoms with Crippen LogP contribution in [0, 0.1) is 6.92 Å². The van der Waals surface area contributed by atoms with E-state index in [1.54, 1.807) is 25.3 Å².